The van der Waals surface area contributed by atoms with Crippen molar-refractivity contribution in [3.8, 4) is 12.1 Å². The van der Waals surface area contributed by atoms with Crippen molar-refractivity contribution in [2.24, 2.45) is 0 Å². The van der Waals surface area contributed by atoms with Gasteiger partial charge in [0, 0.05) is 28.9 Å². The summed E-state index contributed by atoms with van der Waals surface area (Å²) in [7, 11) is 0. The van der Waals surface area contributed by atoms with Crippen LogP contribution in [-0.4, -0.2) is 5.78 Å². The monoisotopic (exact) mass is 238 g/mol. The Morgan fingerprint density at radius 2 is 2.06 bits per heavy atom. The van der Waals surface area contributed by atoms with Crippen LogP contribution in [-0.2, 0) is 11.2 Å². The van der Waals surface area contributed by atoms with Crippen LogP contribution in [0.2, 0.25) is 0 Å². The minimum atomic E-state index is 0.0569. The second-order valence-corrected chi connectivity index (χ2v) is 4.90. The topological polar surface area (TPSA) is 64.7 Å². The molecule has 17 heavy (non-hydrogen) atoms. The lowest BCUT2D eigenvalue weighted by molar-refractivity contribution is -0.114. The summed E-state index contributed by atoms with van der Waals surface area (Å²) in [4.78, 5) is 12.9. The van der Waals surface area contributed by atoms with Gasteiger partial charge in [-0.1, -0.05) is 0 Å². The van der Waals surface area contributed by atoms with Crippen molar-refractivity contribution in [3.63, 3.8) is 0 Å². The highest BCUT2D eigenvalue weighted by Gasteiger charge is 2.36. The number of Topliss-reactive ketones (excluding diaryl/α,β-unsaturated/α-hetero) is 1. The molecule has 1 aromatic rings. The first-order chi connectivity index (χ1) is 8.26. The van der Waals surface area contributed by atoms with Gasteiger partial charge in [-0.2, -0.15) is 10.5 Å². The highest BCUT2D eigenvalue weighted by Crippen LogP contribution is 2.47. The second kappa shape index (κ2) is 3.41. The highest BCUT2D eigenvalue weighted by atomic mass is 32.1. The Labute approximate surface area is 102 Å². The fourth-order valence-corrected chi connectivity index (χ4v) is 3.42. The van der Waals surface area contributed by atoms with E-state index in [0.717, 1.165) is 21.6 Å². The molecule has 0 fully saturated rings. The van der Waals surface area contributed by atoms with Crippen LogP contribution >= 0.6 is 11.3 Å². The first kappa shape index (κ1) is 10.0. The zero-order valence-corrected chi connectivity index (χ0v) is 9.60. The van der Waals surface area contributed by atoms with E-state index >= 15 is 0 Å². The molecule has 0 saturated heterocycles. The van der Waals surface area contributed by atoms with Crippen LogP contribution in [0, 0.1) is 22.7 Å². The summed E-state index contributed by atoms with van der Waals surface area (Å²) in [6.07, 6.45) is 0.860. The molecule has 2 aliphatic carbocycles. The molecular formula is C13H6N2OS. The lowest BCUT2D eigenvalue weighted by Crippen LogP contribution is -1.98. The zero-order chi connectivity index (χ0) is 12.0. The van der Waals surface area contributed by atoms with Gasteiger partial charge >= 0.3 is 0 Å². The van der Waals surface area contributed by atoms with Crippen molar-refractivity contribution in [1.29, 1.82) is 10.5 Å². The maximum Gasteiger partial charge on any atom is 0.164 e. The highest BCUT2D eigenvalue weighted by molar-refractivity contribution is 7.11. The maximum atomic E-state index is 11.9. The number of hydrogen-bond acceptors (Lipinski definition) is 4. The maximum absolute atomic E-state index is 11.9. The third kappa shape index (κ3) is 1.22. The average Bonchev–Trinajstić information content (AvgIpc) is 2.94. The molecule has 2 aliphatic rings. The molecule has 0 atom stereocenters. The van der Waals surface area contributed by atoms with Gasteiger partial charge in [0.1, 0.15) is 17.7 Å². The molecule has 0 N–H and O–H groups in total. The summed E-state index contributed by atoms with van der Waals surface area (Å²) >= 11 is 1.57. The number of fused-ring (bicyclic) bond motifs is 2. The summed E-state index contributed by atoms with van der Waals surface area (Å²) in [5.74, 6) is 0.0569. The SMILES string of the molecule is N#CC(C#N)=C1CC(=O)C2=C1c1sccc1C2. The molecule has 0 aliphatic heterocycles. The van der Waals surface area contributed by atoms with Gasteiger partial charge in [0.05, 0.1) is 0 Å². The number of carbonyl (C=O) groups is 1. The zero-order valence-electron chi connectivity index (χ0n) is 8.78. The fourth-order valence-electron chi connectivity index (χ4n) is 2.40. The van der Waals surface area contributed by atoms with E-state index in [2.05, 4.69) is 0 Å². The molecule has 0 unspecified atom stereocenters. The largest absolute Gasteiger partial charge is 0.294 e. The molecule has 0 bridgehead atoms. The van der Waals surface area contributed by atoms with Gasteiger partial charge in [-0.15, -0.1) is 11.3 Å². The standard InChI is InChI=1S/C13H6N2OS/c14-5-8(6-15)9-4-11(16)10-3-7-1-2-17-13(7)12(9)10/h1-2H,3-4H2. The average molecular weight is 238 g/mol. The van der Waals surface area contributed by atoms with Crippen LogP contribution in [0.4, 0.5) is 0 Å². The van der Waals surface area contributed by atoms with Gasteiger partial charge in [0.15, 0.2) is 5.78 Å². The predicted octanol–water partition coefficient (Wildman–Crippen LogP) is 2.37. The summed E-state index contributed by atoms with van der Waals surface area (Å²) in [5.41, 5.74) is 3.48. The van der Waals surface area contributed by atoms with E-state index in [1.807, 2.05) is 23.6 Å². The van der Waals surface area contributed by atoms with Gasteiger partial charge in [0.25, 0.3) is 0 Å². The molecule has 0 spiro atoms. The molecule has 1 aromatic heterocycles. The van der Waals surface area contributed by atoms with Crippen molar-refractivity contribution < 1.29 is 4.79 Å². The lowest BCUT2D eigenvalue weighted by Gasteiger charge is -2.01. The molecule has 4 heteroatoms. The molecule has 0 radical (unpaired) electrons. The third-order valence-corrected chi connectivity index (χ3v) is 4.12. The van der Waals surface area contributed by atoms with E-state index in [-0.39, 0.29) is 17.8 Å². The Morgan fingerprint density at radius 3 is 2.76 bits per heavy atom. The second-order valence-electron chi connectivity index (χ2n) is 3.98. The molecule has 0 amide bonds. The van der Waals surface area contributed by atoms with Gasteiger partial charge in [-0.05, 0) is 22.6 Å². The van der Waals surface area contributed by atoms with Crippen molar-refractivity contribution >= 4 is 22.7 Å². The lowest BCUT2D eigenvalue weighted by atomic mass is 10.0. The molecule has 0 saturated carbocycles. The number of ketones is 1. The van der Waals surface area contributed by atoms with Crippen molar-refractivity contribution in [2.45, 2.75) is 12.8 Å². The smallest absolute Gasteiger partial charge is 0.164 e. The van der Waals surface area contributed by atoms with Crippen LogP contribution < -0.4 is 0 Å². The molecule has 3 nitrogen and oxygen atoms in total. The normalized spacial score (nSPS) is 16.6. The minimum Gasteiger partial charge on any atom is -0.294 e. The van der Waals surface area contributed by atoms with E-state index in [1.54, 1.807) is 11.3 Å². The molecule has 1 heterocycles. The van der Waals surface area contributed by atoms with Crippen molar-refractivity contribution in [3.05, 3.63) is 38.6 Å². The van der Waals surface area contributed by atoms with Crippen LogP contribution in [0.1, 0.15) is 16.9 Å². The Bertz CT molecular complexity index is 676. The molecule has 3 rings (SSSR count). The van der Waals surface area contributed by atoms with Gasteiger partial charge in [-0.25, -0.2) is 0 Å². The molecule has 80 valence electrons. The number of carbonyl (C=O) groups excluding carboxylic acids is 1. The van der Waals surface area contributed by atoms with Crippen LogP contribution in [0.25, 0.3) is 5.57 Å². The van der Waals surface area contributed by atoms with Crippen molar-refractivity contribution in [2.75, 3.05) is 0 Å². The quantitative estimate of drug-likeness (QED) is 0.652. The third-order valence-electron chi connectivity index (χ3n) is 3.14. The van der Waals surface area contributed by atoms with E-state index in [9.17, 15) is 4.79 Å². The fraction of sp³-hybridized carbons (Fsp3) is 0.154. The Kier molecular flexibility index (Phi) is 2.01. The van der Waals surface area contributed by atoms with E-state index in [0.29, 0.717) is 12.0 Å². The number of nitrogens with zero attached hydrogens (tertiary/aromatic N) is 2. The summed E-state index contributed by atoms with van der Waals surface area (Å²) in [6, 6.07) is 5.77. The van der Waals surface area contributed by atoms with Crippen LogP contribution in [0.15, 0.2) is 28.2 Å². The van der Waals surface area contributed by atoms with Gasteiger partial charge < -0.3 is 0 Å². The van der Waals surface area contributed by atoms with E-state index in [4.69, 9.17) is 10.5 Å². The molecule has 0 aromatic carbocycles. The van der Waals surface area contributed by atoms with Crippen LogP contribution in [0.3, 0.4) is 0 Å². The number of nitriles is 2. The number of hydrogen-bond donors (Lipinski definition) is 0. The Balaban J connectivity index is 2.27. The number of rotatable bonds is 0. The number of thiophene rings is 1. The van der Waals surface area contributed by atoms with Crippen LogP contribution in [0.5, 0.6) is 0 Å². The Morgan fingerprint density at radius 1 is 1.29 bits per heavy atom. The summed E-state index contributed by atoms with van der Waals surface area (Å²) < 4.78 is 0. The van der Waals surface area contributed by atoms with Gasteiger partial charge in [0.2, 0.25) is 0 Å². The molecular weight excluding hydrogens is 232 g/mol. The van der Waals surface area contributed by atoms with Crippen molar-refractivity contribution in [1.82, 2.24) is 0 Å². The van der Waals surface area contributed by atoms with E-state index < -0.39 is 0 Å². The van der Waals surface area contributed by atoms with Gasteiger partial charge in [-0.3, -0.25) is 4.79 Å². The summed E-state index contributed by atoms with van der Waals surface area (Å²) in [6.45, 7) is 0. The first-order valence-corrected chi connectivity index (χ1v) is 6.01. The minimum absolute atomic E-state index is 0.0569. The Hall–Kier alpha value is -2.17. The summed E-state index contributed by atoms with van der Waals surface area (Å²) in [5, 5.41) is 19.8. The number of allylic oxidation sites excluding steroid dienone is 4. The van der Waals surface area contributed by atoms with E-state index in [1.165, 1.54) is 0 Å². The predicted molar refractivity (Wildman–Crippen MR) is 62.8 cm³/mol. The first-order valence-electron chi connectivity index (χ1n) is 5.13.